The highest BCUT2D eigenvalue weighted by molar-refractivity contribution is 5.85. The molecule has 5 nitrogen and oxygen atoms in total. The Morgan fingerprint density at radius 2 is 1.63 bits per heavy atom. The Bertz CT molecular complexity index is 886. The standard InChI is InChI=1S/C24H28FNO4/c1-17(2)21-16-22(29-14-12-27-3)24(30-15-13-28-4)23(20(21)6-5-11-26)18-7-9-19(25)10-8-18/h5-10,16-17H,12-15H2,1-4H3. The minimum atomic E-state index is -0.327. The van der Waals surface area contributed by atoms with Gasteiger partial charge in [-0.3, -0.25) is 0 Å². The van der Waals surface area contributed by atoms with E-state index in [-0.39, 0.29) is 11.7 Å². The zero-order valence-corrected chi connectivity index (χ0v) is 17.9. The molecule has 0 spiro atoms. The molecule has 0 bridgehead atoms. The molecule has 30 heavy (non-hydrogen) atoms. The summed E-state index contributed by atoms with van der Waals surface area (Å²) in [6, 6.07) is 10.2. The van der Waals surface area contributed by atoms with Gasteiger partial charge in [-0.05, 0) is 46.9 Å². The van der Waals surface area contributed by atoms with E-state index in [1.165, 1.54) is 18.2 Å². The summed E-state index contributed by atoms with van der Waals surface area (Å²) in [6.45, 7) is 5.63. The molecule has 0 aliphatic heterocycles. The molecule has 0 radical (unpaired) electrons. The van der Waals surface area contributed by atoms with Crippen molar-refractivity contribution in [2.24, 2.45) is 0 Å². The lowest BCUT2D eigenvalue weighted by Crippen LogP contribution is -2.11. The highest BCUT2D eigenvalue weighted by Crippen LogP contribution is 2.45. The third-order valence-electron chi connectivity index (χ3n) is 4.48. The summed E-state index contributed by atoms with van der Waals surface area (Å²) >= 11 is 0. The van der Waals surface area contributed by atoms with Crippen LogP contribution in [-0.2, 0) is 9.47 Å². The van der Waals surface area contributed by atoms with Crippen molar-refractivity contribution in [3.05, 3.63) is 53.4 Å². The number of ether oxygens (including phenoxy) is 4. The van der Waals surface area contributed by atoms with Crippen LogP contribution >= 0.6 is 0 Å². The topological polar surface area (TPSA) is 60.7 Å². The van der Waals surface area contributed by atoms with Gasteiger partial charge in [-0.2, -0.15) is 5.26 Å². The monoisotopic (exact) mass is 413 g/mol. The largest absolute Gasteiger partial charge is 0.487 e. The van der Waals surface area contributed by atoms with Crippen molar-refractivity contribution in [1.29, 1.82) is 5.26 Å². The Labute approximate surface area is 177 Å². The molecule has 0 heterocycles. The first-order valence-corrected chi connectivity index (χ1v) is 9.79. The van der Waals surface area contributed by atoms with Gasteiger partial charge in [-0.1, -0.05) is 26.0 Å². The van der Waals surface area contributed by atoms with E-state index in [1.54, 1.807) is 32.4 Å². The van der Waals surface area contributed by atoms with Crippen molar-refractivity contribution >= 4 is 6.08 Å². The van der Waals surface area contributed by atoms with Crippen LogP contribution in [0.5, 0.6) is 11.5 Å². The molecule has 6 heteroatoms. The van der Waals surface area contributed by atoms with Crippen LogP contribution in [0.15, 0.2) is 36.4 Å². The number of halogens is 1. The smallest absolute Gasteiger partial charge is 0.169 e. The lowest BCUT2D eigenvalue weighted by atomic mass is 9.88. The van der Waals surface area contributed by atoms with Crippen molar-refractivity contribution < 1.29 is 23.3 Å². The Morgan fingerprint density at radius 1 is 1.00 bits per heavy atom. The van der Waals surface area contributed by atoms with E-state index in [4.69, 9.17) is 24.2 Å². The Hall–Kier alpha value is -2.88. The molecular weight excluding hydrogens is 385 g/mol. The van der Waals surface area contributed by atoms with Gasteiger partial charge in [0, 0.05) is 25.9 Å². The van der Waals surface area contributed by atoms with Crippen LogP contribution in [0.1, 0.15) is 30.9 Å². The minimum Gasteiger partial charge on any atom is -0.487 e. The van der Waals surface area contributed by atoms with Crippen molar-refractivity contribution in [3.8, 4) is 28.7 Å². The second-order valence-electron chi connectivity index (χ2n) is 6.89. The number of allylic oxidation sites excluding steroid dienone is 1. The highest BCUT2D eigenvalue weighted by atomic mass is 19.1. The van der Waals surface area contributed by atoms with Gasteiger partial charge < -0.3 is 18.9 Å². The predicted octanol–water partition coefficient (Wildman–Crippen LogP) is 5.20. The molecule has 0 N–H and O–H groups in total. The number of benzene rings is 2. The van der Waals surface area contributed by atoms with Crippen LogP contribution in [-0.4, -0.2) is 40.6 Å². The lowest BCUT2D eigenvalue weighted by Gasteiger charge is -2.23. The fraction of sp³-hybridized carbons (Fsp3) is 0.375. The highest BCUT2D eigenvalue weighted by Gasteiger charge is 2.22. The molecule has 0 atom stereocenters. The number of rotatable bonds is 11. The van der Waals surface area contributed by atoms with E-state index < -0.39 is 0 Å². The van der Waals surface area contributed by atoms with Crippen LogP contribution in [0.2, 0.25) is 0 Å². The van der Waals surface area contributed by atoms with Crippen molar-refractivity contribution in [3.63, 3.8) is 0 Å². The first kappa shape index (κ1) is 23.4. The van der Waals surface area contributed by atoms with E-state index in [9.17, 15) is 4.39 Å². The Kier molecular flexibility index (Phi) is 9.33. The molecule has 160 valence electrons. The zero-order valence-electron chi connectivity index (χ0n) is 17.9. The molecule has 0 aliphatic carbocycles. The molecule has 2 aromatic carbocycles. The third-order valence-corrected chi connectivity index (χ3v) is 4.48. The fourth-order valence-electron chi connectivity index (χ4n) is 3.07. The third kappa shape index (κ3) is 6.06. The van der Waals surface area contributed by atoms with Gasteiger partial charge in [0.05, 0.1) is 19.3 Å². The predicted molar refractivity (Wildman–Crippen MR) is 115 cm³/mol. The number of nitriles is 1. The summed E-state index contributed by atoms with van der Waals surface area (Å²) in [7, 11) is 3.21. The number of nitrogens with zero attached hydrogens (tertiary/aromatic N) is 1. The summed E-state index contributed by atoms with van der Waals surface area (Å²) in [5.74, 6) is 0.920. The molecule has 0 aliphatic rings. The molecule has 0 fully saturated rings. The summed E-state index contributed by atoms with van der Waals surface area (Å²) in [5, 5.41) is 9.12. The van der Waals surface area contributed by atoms with Crippen LogP contribution < -0.4 is 9.47 Å². The second kappa shape index (κ2) is 12.0. The maximum Gasteiger partial charge on any atom is 0.169 e. The minimum absolute atomic E-state index is 0.153. The second-order valence-corrected chi connectivity index (χ2v) is 6.89. The van der Waals surface area contributed by atoms with Gasteiger partial charge in [0.1, 0.15) is 19.0 Å². The van der Waals surface area contributed by atoms with E-state index in [2.05, 4.69) is 13.8 Å². The summed E-state index contributed by atoms with van der Waals surface area (Å²) in [4.78, 5) is 0. The zero-order chi connectivity index (χ0) is 21.9. The van der Waals surface area contributed by atoms with Crippen LogP contribution in [0, 0.1) is 17.1 Å². The molecular formula is C24H28FNO4. The van der Waals surface area contributed by atoms with Gasteiger partial charge in [-0.15, -0.1) is 0 Å². The average molecular weight is 413 g/mol. The number of hydrogen-bond acceptors (Lipinski definition) is 5. The van der Waals surface area contributed by atoms with Crippen LogP contribution in [0.25, 0.3) is 17.2 Å². The maximum atomic E-state index is 13.6. The van der Waals surface area contributed by atoms with E-state index in [1.807, 2.05) is 12.1 Å². The van der Waals surface area contributed by atoms with Gasteiger partial charge in [0.15, 0.2) is 11.5 Å². The molecule has 2 rings (SSSR count). The molecule has 2 aromatic rings. The lowest BCUT2D eigenvalue weighted by molar-refractivity contribution is 0.132. The average Bonchev–Trinajstić information content (AvgIpc) is 2.73. The Balaban J connectivity index is 2.77. The summed E-state index contributed by atoms with van der Waals surface area (Å²) < 4.78 is 35.9. The van der Waals surface area contributed by atoms with Crippen molar-refractivity contribution in [2.45, 2.75) is 19.8 Å². The first-order chi connectivity index (χ1) is 14.5. The van der Waals surface area contributed by atoms with E-state index >= 15 is 0 Å². The van der Waals surface area contributed by atoms with Gasteiger partial charge in [-0.25, -0.2) is 4.39 Å². The summed E-state index contributed by atoms with van der Waals surface area (Å²) in [5.41, 5.74) is 3.34. The SMILES string of the molecule is COCCOc1cc(C(C)C)c(C=CC#N)c(-c2ccc(F)cc2)c1OCCOC. The Morgan fingerprint density at radius 3 is 2.20 bits per heavy atom. The molecule has 0 saturated carbocycles. The quantitative estimate of drug-likeness (QED) is 0.374. The maximum absolute atomic E-state index is 13.6. The fourth-order valence-corrected chi connectivity index (χ4v) is 3.07. The van der Waals surface area contributed by atoms with E-state index in [0.29, 0.717) is 37.9 Å². The molecule has 0 unspecified atom stereocenters. The molecule has 0 aromatic heterocycles. The van der Waals surface area contributed by atoms with Crippen LogP contribution in [0.4, 0.5) is 4.39 Å². The number of methoxy groups -OCH3 is 2. The molecule has 0 saturated heterocycles. The van der Waals surface area contributed by atoms with E-state index in [0.717, 1.165) is 22.3 Å². The van der Waals surface area contributed by atoms with Crippen molar-refractivity contribution in [2.75, 3.05) is 40.6 Å². The normalized spacial score (nSPS) is 11.1. The summed E-state index contributed by atoms with van der Waals surface area (Å²) in [6.07, 6.45) is 3.19. The molecule has 0 amide bonds. The first-order valence-electron chi connectivity index (χ1n) is 9.79. The van der Waals surface area contributed by atoms with Gasteiger partial charge in [0.25, 0.3) is 0 Å². The van der Waals surface area contributed by atoms with Crippen molar-refractivity contribution in [1.82, 2.24) is 0 Å². The van der Waals surface area contributed by atoms with Gasteiger partial charge >= 0.3 is 0 Å². The van der Waals surface area contributed by atoms with Crippen LogP contribution in [0.3, 0.4) is 0 Å². The number of hydrogen-bond donors (Lipinski definition) is 0. The van der Waals surface area contributed by atoms with Gasteiger partial charge in [0.2, 0.25) is 0 Å².